The summed E-state index contributed by atoms with van der Waals surface area (Å²) in [5.41, 5.74) is 9.25. The lowest BCUT2D eigenvalue weighted by molar-refractivity contribution is -0.905. The summed E-state index contributed by atoms with van der Waals surface area (Å²) >= 11 is 0. The Kier molecular flexibility index (Phi) is 22.2. The van der Waals surface area contributed by atoms with Gasteiger partial charge in [0, 0.05) is 116 Å². The third-order valence-corrected chi connectivity index (χ3v) is 27.4. The SMILES string of the molecule is CC[N+](C)(CC)CCc1c(C)c2ccc(Oc3cccc4c3-c3nc-4nc4[nH]c(nc5nc(nc6[nH]c(n3)c3cccc(Oc7ccc8c(C)c(CC[N+](C)(CC)CC)c(=O)oc8c7)c63)-c3cccc(Oc6ccc7c(C)c(CC[N+](C)(CC)CC)c(=O)oc7c6)c3-5)c3cccc(Oc5ccc6c(C)c(CC[N+](C)(CC)CC)c(=O)oc6c5)c43)cc2oc1=O. The predicted octanol–water partition coefficient (Wildman–Crippen LogP) is 19.8. The topological polar surface area (TPSA) is 267 Å². The maximum Gasteiger partial charge on any atom is 0.339 e. The fraction of sp³-hybridized carbons (Fsp3) is 0.320. The summed E-state index contributed by atoms with van der Waals surface area (Å²) in [5.74, 6) is 3.87. The Labute approximate surface area is 717 Å². The number of aryl methyl sites for hydroxylation is 4. The van der Waals surface area contributed by atoms with Crippen LogP contribution in [-0.2, 0) is 25.7 Å². The van der Waals surface area contributed by atoms with Crippen molar-refractivity contribution in [2.24, 2.45) is 0 Å². The Hall–Kier alpha value is -13.0. The van der Waals surface area contributed by atoms with Crippen LogP contribution in [0.2, 0.25) is 0 Å². The Bertz CT molecular complexity index is 6830. The molecule has 9 heterocycles. The van der Waals surface area contributed by atoms with Crippen LogP contribution >= 0.6 is 0 Å². The zero-order valence-electron chi connectivity index (χ0n) is 73.5. The van der Waals surface area contributed by atoms with Crippen LogP contribution in [0.5, 0.6) is 46.0 Å². The minimum atomic E-state index is -0.388. The number of hydrogen-bond acceptors (Lipinski definition) is 18. The molecule has 0 unspecified atom stereocenters. The molecule has 2 N–H and O–H groups in total. The molecule has 0 aliphatic carbocycles. The number of hydrogen-bond donors (Lipinski definition) is 2. The van der Waals surface area contributed by atoms with Gasteiger partial charge in [0.25, 0.3) is 0 Å². The number of quaternary nitrogens is 4. The maximum absolute atomic E-state index is 14.0. The largest absolute Gasteiger partial charge is 0.456 e. The van der Waals surface area contributed by atoms with E-state index in [1.54, 1.807) is 24.3 Å². The van der Waals surface area contributed by atoms with E-state index in [0.29, 0.717) is 183 Å². The van der Waals surface area contributed by atoms with Crippen LogP contribution < -0.4 is 41.4 Å². The molecule has 24 nitrogen and oxygen atoms in total. The van der Waals surface area contributed by atoms with Gasteiger partial charge in [-0.25, -0.2) is 49.1 Å². The van der Waals surface area contributed by atoms with Crippen molar-refractivity contribution in [3.05, 3.63) is 232 Å². The Morgan fingerprint density at radius 2 is 0.556 bits per heavy atom. The molecule has 124 heavy (non-hydrogen) atoms. The van der Waals surface area contributed by atoms with Crippen LogP contribution in [0, 0.1) is 27.7 Å². The molecule has 0 radical (unpaired) electrons. The minimum absolute atomic E-state index is 0.203. The van der Waals surface area contributed by atoms with Gasteiger partial charge < -0.3 is 64.5 Å². The molecule has 0 saturated carbocycles. The first kappa shape index (κ1) is 83.3. The summed E-state index contributed by atoms with van der Waals surface area (Å²) < 4.78 is 56.1. The number of benzene rings is 8. The molecule has 24 heteroatoms. The summed E-state index contributed by atoms with van der Waals surface area (Å²) in [5, 5.41) is 5.34. The summed E-state index contributed by atoms with van der Waals surface area (Å²) in [7, 11) is 8.82. The highest BCUT2D eigenvalue weighted by Gasteiger charge is 2.32. The van der Waals surface area contributed by atoms with Crippen molar-refractivity contribution in [3.63, 3.8) is 0 Å². The van der Waals surface area contributed by atoms with E-state index in [2.05, 4.69) is 93.5 Å². The van der Waals surface area contributed by atoms with Gasteiger partial charge in [-0.2, -0.15) is 0 Å². The Balaban J connectivity index is 0.871. The monoisotopic (exact) mass is 1670 g/mol. The molecule has 7 aromatic heterocycles. The summed E-state index contributed by atoms with van der Waals surface area (Å²) in [4.78, 5) is 96.3. The lowest BCUT2D eigenvalue weighted by atomic mass is 10.0. The molecule has 0 fully saturated rings. The first-order valence-electron chi connectivity index (χ1n) is 43.3. The second-order valence-electron chi connectivity index (χ2n) is 34.2. The number of H-pyrrole nitrogens is 2. The van der Waals surface area contributed by atoms with Crippen molar-refractivity contribution in [2.45, 2.75) is 109 Å². The van der Waals surface area contributed by atoms with Gasteiger partial charge in [-0.1, -0.05) is 48.5 Å². The highest BCUT2D eigenvalue weighted by molar-refractivity contribution is 6.10. The molecule has 2 aliphatic rings. The molecule has 0 atom stereocenters. The highest BCUT2D eigenvalue weighted by atomic mass is 16.5. The lowest BCUT2D eigenvalue weighted by Gasteiger charge is -2.32. The molecule has 8 bridgehead atoms. The number of fused-ring (bicyclic) bond motifs is 24. The maximum atomic E-state index is 14.0. The molecule has 0 saturated heterocycles. The van der Waals surface area contributed by atoms with Gasteiger partial charge in [0.2, 0.25) is 0 Å². The quantitative estimate of drug-likeness (QED) is 0.0341. The predicted molar refractivity (Wildman–Crippen MR) is 489 cm³/mol. The van der Waals surface area contributed by atoms with E-state index < -0.39 is 0 Å². The standard InChI is InChI=1S/C100H106N12O12/c1-17-109(13,18-2)49-45-69-57(9)65-41-37-61(53-81(65)121-97(69)113)117-77-33-25-29-73-85(77)93-101-89(73)106-94-87-75(31-27-35-79(87)119-63-39-43-67-59(11)71(99(115)123-83(67)55-63)47-51-111(15,21-5)22-6)91(103-94)108-96-88-76(32-28-36-80(88)120-64-40-44-68-60(12)72(100(116)124-84(68)56-64)48-52-112(16,23-7)24-8)92(104-96)107-95-86-74(90(102-95)105-93)30-26-34-78(86)118-62-38-42-66-58(10)70(98(114)122-82(66)54-62)46-50-110(14,19-3)20-4/h25-44,53-56H,17-24,45-52H2,1-16H3,(H2,101,102,103,104,105,106,107,108)/q+4. The lowest BCUT2D eigenvalue weighted by Crippen LogP contribution is -2.45. The van der Waals surface area contributed by atoms with E-state index >= 15 is 0 Å². The third kappa shape index (κ3) is 15.4. The second kappa shape index (κ2) is 33.0. The molecule has 15 aromatic rings. The zero-order chi connectivity index (χ0) is 87.0. The first-order valence-corrected chi connectivity index (χ1v) is 43.3. The van der Waals surface area contributed by atoms with Crippen molar-refractivity contribution in [3.8, 4) is 91.5 Å². The molecule has 2 aliphatic heterocycles. The van der Waals surface area contributed by atoms with E-state index in [4.69, 9.17) is 66.5 Å². The number of ether oxygens (including phenoxy) is 4. The van der Waals surface area contributed by atoms with E-state index in [-0.39, 0.29) is 45.8 Å². The van der Waals surface area contributed by atoms with Gasteiger partial charge in [0.15, 0.2) is 23.3 Å². The molecule has 0 spiro atoms. The molecule has 8 aromatic carbocycles. The smallest absolute Gasteiger partial charge is 0.339 e. The van der Waals surface area contributed by atoms with Gasteiger partial charge in [0.05, 0.1) is 129 Å². The fourth-order valence-electron chi connectivity index (χ4n) is 17.3. The summed E-state index contributed by atoms with van der Waals surface area (Å²) in [6, 6.07) is 44.6. The number of nitrogens with zero attached hydrogens (tertiary/aromatic N) is 10. The molecular formula is C100H106N12O12+4. The first-order chi connectivity index (χ1) is 59.7. The van der Waals surface area contributed by atoms with E-state index in [1.807, 2.05) is 149 Å². The van der Waals surface area contributed by atoms with Crippen LogP contribution in [0.3, 0.4) is 0 Å². The minimum Gasteiger partial charge on any atom is -0.456 e. The van der Waals surface area contributed by atoms with Crippen LogP contribution in [0.25, 0.3) is 134 Å². The van der Waals surface area contributed by atoms with Crippen molar-refractivity contribution >= 4 is 88.0 Å². The van der Waals surface area contributed by atoms with Crippen molar-refractivity contribution in [2.75, 3.05) is 107 Å². The van der Waals surface area contributed by atoms with Gasteiger partial charge in [-0.15, -0.1) is 0 Å². The number of nitrogens with one attached hydrogen (secondary N) is 2. The van der Waals surface area contributed by atoms with Crippen molar-refractivity contribution in [1.82, 2.24) is 39.9 Å². The fourth-order valence-corrected chi connectivity index (χ4v) is 17.3. The average Bonchev–Trinajstić information content (AvgIpc) is 1.58. The van der Waals surface area contributed by atoms with E-state index in [1.165, 1.54) is 0 Å². The van der Waals surface area contributed by atoms with E-state index in [9.17, 15) is 19.2 Å². The molecule has 0 amide bonds. The number of rotatable bonds is 28. The third-order valence-electron chi connectivity index (χ3n) is 27.4. The van der Waals surface area contributed by atoms with Crippen molar-refractivity contribution < 1.29 is 54.5 Å². The highest BCUT2D eigenvalue weighted by Crippen LogP contribution is 2.48. The Morgan fingerprint density at radius 3 is 0.839 bits per heavy atom. The molecular weight excluding hydrogens is 1560 g/mol. The van der Waals surface area contributed by atoms with Gasteiger partial charge >= 0.3 is 22.5 Å². The number of likely N-dealkylation sites (N-methyl/N-ethyl adjacent to an activating group) is 4. The van der Waals surface area contributed by atoms with Gasteiger partial charge in [-0.05, 0) is 178 Å². The molecule has 634 valence electrons. The normalized spacial score (nSPS) is 12.5. The van der Waals surface area contributed by atoms with Crippen LogP contribution in [0.4, 0.5) is 0 Å². The summed E-state index contributed by atoms with van der Waals surface area (Å²) in [6.07, 6.45) is 2.27. The molecule has 17 rings (SSSR count). The average molecular weight is 1670 g/mol. The number of aromatic amines is 2. The zero-order valence-corrected chi connectivity index (χ0v) is 73.5. The van der Waals surface area contributed by atoms with Gasteiger partial charge in [0.1, 0.15) is 90.9 Å². The number of aromatic nitrogens is 8. The van der Waals surface area contributed by atoms with E-state index in [0.717, 1.165) is 140 Å². The van der Waals surface area contributed by atoms with Crippen molar-refractivity contribution in [1.29, 1.82) is 0 Å². The summed E-state index contributed by atoms with van der Waals surface area (Å²) in [6.45, 7) is 35.9. The van der Waals surface area contributed by atoms with Crippen LogP contribution in [-0.4, -0.2) is 165 Å². The van der Waals surface area contributed by atoms with Crippen LogP contribution in [0.15, 0.2) is 182 Å². The van der Waals surface area contributed by atoms with Gasteiger partial charge in [-0.3, -0.25) is 0 Å². The van der Waals surface area contributed by atoms with Crippen LogP contribution in [0.1, 0.15) is 99.9 Å². The Morgan fingerprint density at radius 1 is 0.298 bits per heavy atom. The second-order valence-corrected chi connectivity index (χ2v) is 34.2.